The van der Waals surface area contributed by atoms with Gasteiger partial charge in [0.25, 0.3) is 0 Å². The van der Waals surface area contributed by atoms with E-state index >= 15 is 0 Å². The van der Waals surface area contributed by atoms with Crippen LogP contribution in [0.1, 0.15) is 35.8 Å². The lowest BCUT2D eigenvalue weighted by Gasteiger charge is -2.24. The monoisotopic (exact) mass is 344 g/mol. The number of nitrogens with one attached hydrogen (secondary N) is 3. The van der Waals surface area contributed by atoms with E-state index in [0.29, 0.717) is 11.2 Å². The highest BCUT2D eigenvalue weighted by Crippen LogP contribution is 2.14. The summed E-state index contributed by atoms with van der Waals surface area (Å²) >= 11 is 5.48. The van der Waals surface area contributed by atoms with Crippen molar-refractivity contribution in [1.29, 1.82) is 0 Å². The molecule has 2 aromatic rings. The first kappa shape index (κ1) is 17.0. The van der Waals surface area contributed by atoms with E-state index in [-0.39, 0.29) is 0 Å². The van der Waals surface area contributed by atoms with Gasteiger partial charge in [0, 0.05) is 18.5 Å². The second-order valence-electron chi connectivity index (χ2n) is 6.64. The second-order valence-corrected chi connectivity index (χ2v) is 7.05. The maximum Gasteiger partial charge on any atom is 0.171 e. The van der Waals surface area contributed by atoms with Crippen LogP contribution in [0.3, 0.4) is 0 Å². The van der Waals surface area contributed by atoms with E-state index < -0.39 is 0 Å². The molecule has 0 unspecified atom stereocenters. The van der Waals surface area contributed by atoms with Gasteiger partial charge in [0.15, 0.2) is 16.9 Å². The van der Waals surface area contributed by atoms with Crippen LogP contribution in [-0.2, 0) is 0 Å². The van der Waals surface area contributed by atoms with E-state index in [2.05, 4.69) is 48.7 Å². The highest BCUT2D eigenvalue weighted by Gasteiger charge is 2.29. The Morgan fingerprint density at radius 1 is 1.21 bits per heavy atom. The number of furan rings is 1. The highest BCUT2D eigenvalue weighted by atomic mass is 32.1. The first-order chi connectivity index (χ1) is 11.6. The molecule has 1 aromatic carbocycles. The molecule has 0 aliphatic carbocycles. The second kappa shape index (κ2) is 7.81. The summed E-state index contributed by atoms with van der Waals surface area (Å²) < 4.78 is 5.67. The van der Waals surface area contributed by atoms with Crippen LogP contribution in [0, 0.1) is 13.8 Å². The van der Waals surface area contributed by atoms with Crippen molar-refractivity contribution in [2.45, 2.75) is 32.7 Å². The lowest BCUT2D eigenvalue weighted by Crippen LogP contribution is -3.11. The zero-order chi connectivity index (χ0) is 16.9. The third-order valence-electron chi connectivity index (χ3n) is 4.57. The molecule has 1 atom stereocenters. The van der Waals surface area contributed by atoms with Gasteiger partial charge in [-0.25, -0.2) is 0 Å². The van der Waals surface area contributed by atoms with Crippen molar-refractivity contribution in [1.82, 2.24) is 5.32 Å². The van der Waals surface area contributed by atoms with Gasteiger partial charge in [0.2, 0.25) is 0 Å². The van der Waals surface area contributed by atoms with Gasteiger partial charge in [0.05, 0.1) is 25.9 Å². The fourth-order valence-corrected chi connectivity index (χ4v) is 3.73. The Balaban J connectivity index is 1.60. The largest absolute Gasteiger partial charge is 0.463 e. The maximum absolute atomic E-state index is 5.67. The number of hydrogen-bond acceptors (Lipinski definition) is 2. The van der Waals surface area contributed by atoms with Crippen LogP contribution in [-0.4, -0.2) is 24.7 Å². The summed E-state index contributed by atoms with van der Waals surface area (Å²) in [4.78, 5) is 1.58. The van der Waals surface area contributed by atoms with E-state index in [0.717, 1.165) is 18.0 Å². The molecular formula is C19H26N3OS+. The Hall–Kier alpha value is -1.85. The van der Waals surface area contributed by atoms with Crippen molar-refractivity contribution >= 4 is 23.0 Å². The summed E-state index contributed by atoms with van der Waals surface area (Å²) in [5.74, 6) is 1.04. The quantitative estimate of drug-likeness (QED) is 0.730. The van der Waals surface area contributed by atoms with Crippen LogP contribution >= 0.6 is 12.2 Å². The van der Waals surface area contributed by atoms with Gasteiger partial charge in [-0.15, -0.1) is 0 Å². The molecule has 1 aliphatic heterocycles. The predicted octanol–water partition coefficient (Wildman–Crippen LogP) is 2.60. The van der Waals surface area contributed by atoms with Gasteiger partial charge in [-0.2, -0.15) is 0 Å². The minimum atomic E-state index is 0.307. The van der Waals surface area contributed by atoms with Crippen molar-refractivity contribution in [3.8, 4) is 0 Å². The number of aryl methyl sites for hydroxylation is 2. The van der Waals surface area contributed by atoms with Crippen molar-refractivity contribution in [3.63, 3.8) is 0 Å². The summed E-state index contributed by atoms with van der Waals surface area (Å²) in [7, 11) is 0. The first-order valence-corrected chi connectivity index (χ1v) is 9.04. The van der Waals surface area contributed by atoms with E-state index in [4.69, 9.17) is 16.6 Å². The predicted molar refractivity (Wildman–Crippen MR) is 102 cm³/mol. The lowest BCUT2D eigenvalue weighted by atomic mass is 10.1. The first-order valence-electron chi connectivity index (χ1n) is 8.63. The molecule has 3 N–H and O–H groups in total. The van der Waals surface area contributed by atoms with Crippen LogP contribution in [0.2, 0.25) is 0 Å². The van der Waals surface area contributed by atoms with Crippen molar-refractivity contribution in [2.24, 2.45) is 0 Å². The summed E-state index contributed by atoms with van der Waals surface area (Å²) in [6.45, 7) is 7.37. The lowest BCUT2D eigenvalue weighted by molar-refractivity contribution is -0.919. The summed E-state index contributed by atoms with van der Waals surface area (Å²) in [5.41, 5.74) is 3.50. The van der Waals surface area contributed by atoms with Crippen LogP contribution in [0.5, 0.6) is 0 Å². The van der Waals surface area contributed by atoms with Crippen LogP contribution in [0.4, 0.5) is 5.69 Å². The Bertz CT molecular complexity index is 658. The minimum absolute atomic E-state index is 0.307. The fraction of sp³-hybridized carbons (Fsp3) is 0.421. The topological polar surface area (TPSA) is 41.6 Å². The number of likely N-dealkylation sites (tertiary alicyclic amines) is 1. The molecule has 1 aromatic heterocycles. The molecule has 1 aliphatic rings. The van der Waals surface area contributed by atoms with E-state index in [1.54, 1.807) is 11.2 Å². The van der Waals surface area contributed by atoms with Crippen LogP contribution in [0.15, 0.2) is 41.0 Å². The van der Waals surface area contributed by atoms with Crippen molar-refractivity contribution < 1.29 is 9.32 Å². The van der Waals surface area contributed by atoms with E-state index in [9.17, 15) is 0 Å². The molecule has 3 rings (SSSR count). The molecule has 4 nitrogen and oxygen atoms in total. The molecule has 2 heterocycles. The van der Waals surface area contributed by atoms with Gasteiger partial charge in [0.1, 0.15) is 0 Å². The Kier molecular flexibility index (Phi) is 5.53. The number of anilines is 1. The SMILES string of the molecule is Cc1cc(C)cc(NC(=S)NC[C@H](c2ccco2)[NH+]2CCCC2)c1. The molecule has 5 heteroatoms. The van der Waals surface area contributed by atoms with Crippen LogP contribution in [0.25, 0.3) is 0 Å². The zero-order valence-corrected chi connectivity index (χ0v) is 15.2. The summed E-state index contributed by atoms with van der Waals surface area (Å²) in [6, 6.07) is 10.7. The molecule has 0 spiro atoms. The fourth-order valence-electron chi connectivity index (χ4n) is 3.53. The molecule has 0 amide bonds. The Morgan fingerprint density at radius 2 is 1.92 bits per heavy atom. The Labute approximate surface area is 149 Å². The summed E-state index contributed by atoms with van der Waals surface area (Å²) in [6.07, 6.45) is 4.33. The number of benzene rings is 1. The Morgan fingerprint density at radius 3 is 2.54 bits per heavy atom. The zero-order valence-electron chi connectivity index (χ0n) is 14.4. The standard InChI is InChI=1S/C19H25N3OS/c1-14-10-15(2)12-16(11-14)21-19(24)20-13-17(18-6-5-9-23-18)22-7-3-4-8-22/h5-6,9-12,17H,3-4,7-8,13H2,1-2H3,(H2,20,21,24)/p+1/t17-/m1/s1. The average molecular weight is 345 g/mol. The third kappa shape index (κ3) is 4.36. The molecule has 24 heavy (non-hydrogen) atoms. The van der Waals surface area contributed by atoms with Crippen molar-refractivity contribution in [3.05, 3.63) is 53.5 Å². The maximum atomic E-state index is 5.67. The number of thiocarbonyl (C=S) groups is 1. The van der Waals surface area contributed by atoms with Crippen molar-refractivity contribution in [2.75, 3.05) is 25.0 Å². The molecule has 0 saturated carbocycles. The molecular weight excluding hydrogens is 318 g/mol. The van der Waals surface area contributed by atoms with Gasteiger partial charge >= 0.3 is 0 Å². The molecule has 1 fully saturated rings. The number of rotatable bonds is 5. The normalized spacial score (nSPS) is 16.1. The van der Waals surface area contributed by atoms with Gasteiger partial charge < -0.3 is 20.0 Å². The highest BCUT2D eigenvalue weighted by molar-refractivity contribution is 7.80. The number of hydrogen-bond donors (Lipinski definition) is 3. The van der Waals surface area contributed by atoms with E-state index in [1.165, 1.54) is 37.1 Å². The van der Waals surface area contributed by atoms with Crippen LogP contribution < -0.4 is 15.5 Å². The molecule has 0 bridgehead atoms. The minimum Gasteiger partial charge on any atom is -0.463 e. The van der Waals surface area contributed by atoms with Gasteiger partial charge in [-0.3, -0.25) is 0 Å². The van der Waals surface area contributed by atoms with Gasteiger partial charge in [-0.05, 0) is 61.5 Å². The third-order valence-corrected chi connectivity index (χ3v) is 4.82. The summed E-state index contributed by atoms with van der Waals surface area (Å²) in [5, 5.41) is 7.33. The smallest absolute Gasteiger partial charge is 0.171 e. The molecule has 0 radical (unpaired) electrons. The van der Waals surface area contributed by atoms with Gasteiger partial charge in [-0.1, -0.05) is 6.07 Å². The number of quaternary nitrogens is 1. The molecule has 1 saturated heterocycles. The average Bonchev–Trinajstić information content (AvgIpc) is 3.19. The van der Waals surface area contributed by atoms with E-state index in [1.807, 2.05) is 6.07 Å². The molecule has 128 valence electrons.